The zero-order chi connectivity index (χ0) is 17.5. The molecule has 0 saturated heterocycles. The maximum Gasteiger partial charge on any atom is 0.129 e. The Hall–Kier alpha value is -2.40. The van der Waals surface area contributed by atoms with E-state index in [9.17, 15) is 5.11 Å². The summed E-state index contributed by atoms with van der Waals surface area (Å²) in [6, 6.07) is 11.2. The number of aliphatic hydroxyl groups is 1. The van der Waals surface area contributed by atoms with Gasteiger partial charge in [-0.05, 0) is 24.1 Å². The second kappa shape index (κ2) is 8.45. The summed E-state index contributed by atoms with van der Waals surface area (Å²) in [7, 11) is 6.40. The quantitative estimate of drug-likeness (QED) is 0.805. The fraction of sp³-hybridized carbons (Fsp3) is 0.368. The van der Waals surface area contributed by atoms with E-state index < -0.39 is 6.10 Å². The van der Waals surface area contributed by atoms with Crippen LogP contribution in [0.4, 0.5) is 0 Å². The van der Waals surface area contributed by atoms with Crippen molar-refractivity contribution in [1.29, 1.82) is 0 Å². The molecular weight excluding hydrogens is 308 g/mol. The summed E-state index contributed by atoms with van der Waals surface area (Å²) in [5.74, 6) is 2.73. The maximum atomic E-state index is 10.5. The highest BCUT2D eigenvalue weighted by Gasteiger charge is 2.17. The van der Waals surface area contributed by atoms with Crippen molar-refractivity contribution < 1.29 is 24.1 Å². The van der Waals surface area contributed by atoms with E-state index in [1.54, 1.807) is 40.6 Å². The zero-order valence-electron chi connectivity index (χ0n) is 14.5. The number of benzene rings is 2. The summed E-state index contributed by atoms with van der Waals surface area (Å²) < 4.78 is 21.2. The Kier molecular flexibility index (Phi) is 6.32. The van der Waals surface area contributed by atoms with Gasteiger partial charge < -0.3 is 24.1 Å². The number of methoxy groups -OCH3 is 4. The first-order valence-corrected chi connectivity index (χ1v) is 7.71. The van der Waals surface area contributed by atoms with E-state index in [0.717, 1.165) is 16.9 Å². The van der Waals surface area contributed by atoms with Crippen LogP contribution < -0.4 is 18.9 Å². The number of hydrogen-bond acceptors (Lipinski definition) is 5. The lowest BCUT2D eigenvalue weighted by Crippen LogP contribution is -2.15. The lowest BCUT2D eigenvalue weighted by atomic mass is 9.99. The Labute approximate surface area is 142 Å². The second-order valence-electron chi connectivity index (χ2n) is 5.42. The van der Waals surface area contributed by atoms with E-state index in [1.165, 1.54) is 0 Å². The summed E-state index contributed by atoms with van der Waals surface area (Å²) >= 11 is 0. The van der Waals surface area contributed by atoms with Crippen molar-refractivity contribution in [2.75, 3.05) is 28.4 Å². The summed E-state index contributed by atoms with van der Waals surface area (Å²) in [6.07, 6.45) is 0.389. The summed E-state index contributed by atoms with van der Waals surface area (Å²) in [5.41, 5.74) is 1.86. The SMILES string of the molecule is COc1ccc(C[C@@H](O)Cc2c(OC)cc(OC)cc2OC)cc1. The Morgan fingerprint density at radius 2 is 1.29 bits per heavy atom. The van der Waals surface area contributed by atoms with Gasteiger partial charge >= 0.3 is 0 Å². The standard InChI is InChI=1S/C19H24O5/c1-21-15-7-5-13(6-8-15)9-14(20)10-17-18(23-3)11-16(22-2)12-19(17)24-4/h5-8,11-12,14,20H,9-10H2,1-4H3/t14-/m1/s1. The van der Waals surface area contributed by atoms with Crippen molar-refractivity contribution in [3.63, 3.8) is 0 Å². The van der Waals surface area contributed by atoms with Crippen LogP contribution in [0.25, 0.3) is 0 Å². The molecule has 0 heterocycles. The molecule has 24 heavy (non-hydrogen) atoms. The second-order valence-corrected chi connectivity index (χ2v) is 5.42. The van der Waals surface area contributed by atoms with Gasteiger partial charge in [0.1, 0.15) is 23.0 Å². The highest BCUT2D eigenvalue weighted by atomic mass is 16.5. The lowest BCUT2D eigenvalue weighted by molar-refractivity contribution is 0.173. The molecule has 2 rings (SSSR count). The molecule has 5 heteroatoms. The molecule has 0 aromatic heterocycles. The minimum atomic E-state index is -0.561. The third-order valence-corrected chi connectivity index (χ3v) is 3.89. The van der Waals surface area contributed by atoms with Crippen molar-refractivity contribution in [2.45, 2.75) is 18.9 Å². The summed E-state index contributed by atoms with van der Waals surface area (Å²) in [5, 5.41) is 10.5. The molecule has 0 spiro atoms. The Morgan fingerprint density at radius 1 is 0.750 bits per heavy atom. The smallest absolute Gasteiger partial charge is 0.129 e. The number of hydrogen-bond donors (Lipinski definition) is 1. The van der Waals surface area contributed by atoms with Gasteiger partial charge in [-0.1, -0.05) is 12.1 Å². The molecule has 2 aromatic rings. The van der Waals surface area contributed by atoms with Crippen LogP contribution in [0.15, 0.2) is 36.4 Å². The summed E-state index contributed by atoms with van der Waals surface area (Å²) in [6.45, 7) is 0. The third kappa shape index (κ3) is 4.32. The highest BCUT2D eigenvalue weighted by Crippen LogP contribution is 2.35. The van der Waals surface area contributed by atoms with Crippen molar-refractivity contribution in [2.24, 2.45) is 0 Å². The van der Waals surface area contributed by atoms with Gasteiger partial charge in [-0.15, -0.1) is 0 Å². The number of ether oxygens (including phenoxy) is 4. The van der Waals surface area contributed by atoms with E-state index in [-0.39, 0.29) is 0 Å². The molecule has 0 amide bonds. The van der Waals surface area contributed by atoms with Crippen molar-refractivity contribution in [3.05, 3.63) is 47.5 Å². The van der Waals surface area contributed by atoms with Crippen LogP contribution in [-0.4, -0.2) is 39.6 Å². The first kappa shape index (κ1) is 17.9. The van der Waals surface area contributed by atoms with Crippen molar-refractivity contribution >= 4 is 0 Å². The van der Waals surface area contributed by atoms with E-state index in [4.69, 9.17) is 18.9 Å². The molecule has 0 bridgehead atoms. The molecule has 1 N–H and O–H groups in total. The average Bonchev–Trinajstić information content (AvgIpc) is 2.62. The largest absolute Gasteiger partial charge is 0.497 e. The Morgan fingerprint density at radius 3 is 1.75 bits per heavy atom. The molecule has 0 aliphatic carbocycles. The molecule has 0 unspecified atom stereocenters. The maximum absolute atomic E-state index is 10.5. The van der Waals surface area contributed by atoms with Gasteiger partial charge in [-0.3, -0.25) is 0 Å². The molecule has 130 valence electrons. The molecule has 0 aliphatic rings. The van der Waals surface area contributed by atoms with Crippen LogP contribution in [0, 0.1) is 0 Å². The van der Waals surface area contributed by atoms with Crippen LogP contribution in [0.2, 0.25) is 0 Å². The molecule has 0 saturated carbocycles. The topological polar surface area (TPSA) is 57.2 Å². The molecule has 2 aromatic carbocycles. The minimum Gasteiger partial charge on any atom is -0.497 e. The van der Waals surface area contributed by atoms with E-state index in [1.807, 2.05) is 24.3 Å². The Balaban J connectivity index is 2.16. The molecule has 0 aliphatic heterocycles. The van der Waals surface area contributed by atoms with Gasteiger partial charge in [-0.25, -0.2) is 0 Å². The average molecular weight is 332 g/mol. The van der Waals surface area contributed by atoms with Gasteiger partial charge in [0.05, 0.1) is 34.5 Å². The van der Waals surface area contributed by atoms with Gasteiger partial charge in [0.15, 0.2) is 0 Å². The van der Waals surface area contributed by atoms with Crippen LogP contribution in [0.1, 0.15) is 11.1 Å². The van der Waals surface area contributed by atoms with Crippen LogP contribution >= 0.6 is 0 Å². The van der Waals surface area contributed by atoms with Crippen LogP contribution in [0.5, 0.6) is 23.0 Å². The van der Waals surface area contributed by atoms with E-state index in [2.05, 4.69) is 0 Å². The predicted octanol–water partition coefficient (Wildman–Crippen LogP) is 2.87. The third-order valence-electron chi connectivity index (χ3n) is 3.89. The fourth-order valence-electron chi connectivity index (χ4n) is 2.62. The normalized spacial score (nSPS) is 11.7. The van der Waals surface area contributed by atoms with Crippen molar-refractivity contribution in [3.8, 4) is 23.0 Å². The van der Waals surface area contributed by atoms with Gasteiger partial charge in [0.25, 0.3) is 0 Å². The molecular formula is C19H24O5. The first-order valence-electron chi connectivity index (χ1n) is 7.71. The van der Waals surface area contributed by atoms with Gasteiger partial charge in [0.2, 0.25) is 0 Å². The lowest BCUT2D eigenvalue weighted by Gasteiger charge is -2.18. The van der Waals surface area contributed by atoms with Gasteiger partial charge in [0, 0.05) is 24.1 Å². The monoisotopic (exact) mass is 332 g/mol. The van der Waals surface area contributed by atoms with Crippen LogP contribution in [-0.2, 0) is 12.8 Å². The predicted molar refractivity (Wildman–Crippen MR) is 92.5 cm³/mol. The van der Waals surface area contributed by atoms with Crippen molar-refractivity contribution in [1.82, 2.24) is 0 Å². The van der Waals surface area contributed by atoms with Gasteiger partial charge in [-0.2, -0.15) is 0 Å². The van der Waals surface area contributed by atoms with Crippen LogP contribution in [0.3, 0.4) is 0 Å². The molecule has 0 radical (unpaired) electrons. The first-order chi connectivity index (χ1) is 11.6. The minimum absolute atomic E-state index is 0.419. The molecule has 1 atom stereocenters. The molecule has 0 fully saturated rings. The molecule has 5 nitrogen and oxygen atoms in total. The van der Waals surface area contributed by atoms with E-state index in [0.29, 0.717) is 30.1 Å². The van der Waals surface area contributed by atoms with E-state index >= 15 is 0 Å². The number of aliphatic hydroxyl groups excluding tert-OH is 1. The Bertz CT molecular complexity index is 626. The summed E-state index contributed by atoms with van der Waals surface area (Å²) in [4.78, 5) is 0. The number of rotatable bonds is 8. The zero-order valence-corrected chi connectivity index (χ0v) is 14.5. The fourth-order valence-corrected chi connectivity index (χ4v) is 2.62. The highest BCUT2D eigenvalue weighted by molar-refractivity contribution is 5.51.